The molecule has 2 aromatic carbocycles. The average molecular weight is 282 g/mol. The molecule has 0 heterocycles. The highest BCUT2D eigenvalue weighted by Crippen LogP contribution is 2.11. The topological polar surface area (TPSA) is 0 Å². The van der Waals surface area contributed by atoms with Crippen molar-refractivity contribution >= 4 is 0 Å². The van der Waals surface area contributed by atoms with Crippen molar-refractivity contribution in [2.75, 3.05) is 0 Å². The van der Waals surface area contributed by atoms with E-state index in [-0.39, 0.29) is 0 Å². The molecule has 0 aliphatic rings. The van der Waals surface area contributed by atoms with Crippen molar-refractivity contribution in [1.29, 1.82) is 0 Å². The van der Waals surface area contributed by atoms with Gasteiger partial charge in [0.25, 0.3) is 0 Å². The molecule has 0 aliphatic heterocycles. The Morgan fingerprint density at radius 3 is 1.19 bits per heavy atom. The van der Waals surface area contributed by atoms with Crippen LogP contribution in [-0.2, 0) is 25.7 Å². The first-order valence-corrected chi connectivity index (χ1v) is 8.40. The molecule has 0 N–H and O–H groups in total. The summed E-state index contributed by atoms with van der Waals surface area (Å²) in [6, 6.07) is 17.4. The SMILES string of the molecule is CCCc1ccccc1CC.CCc1ccccc1CC. The summed E-state index contributed by atoms with van der Waals surface area (Å²) in [7, 11) is 0. The second-order valence-electron chi connectivity index (χ2n) is 5.35. The maximum atomic E-state index is 2.24. The van der Waals surface area contributed by atoms with Gasteiger partial charge in [-0.1, -0.05) is 82.6 Å². The highest BCUT2D eigenvalue weighted by molar-refractivity contribution is 5.27. The molecule has 0 radical (unpaired) electrons. The van der Waals surface area contributed by atoms with Gasteiger partial charge in [-0.05, 0) is 47.9 Å². The van der Waals surface area contributed by atoms with E-state index in [1.54, 1.807) is 0 Å². The molecule has 114 valence electrons. The van der Waals surface area contributed by atoms with Gasteiger partial charge < -0.3 is 0 Å². The van der Waals surface area contributed by atoms with Crippen LogP contribution in [0.5, 0.6) is 0 Å². The third-order valence-electron chi connectivity index (χ3n) is 3.90. The van der Waals surface area contributed by atoms with Crippen LogP contribution in [0.2, 0.25) is 0 Å². The maximum Gasteiger partial charge on any atom is -0.0279 e. The van der Waals surface area contributed by atoms with Crippen molar-refractivity contribution in [1.82, 2.24) is 0 Å². The Balaban J connectivity index is 0.000000211. The van der Waals surface area contributed by atoms with Crippen LogP contribution in [0.15, 0.2) is 48.5 Å². The maximum absolute atomic E-state index is 2.24. The molecular formula is C21H30. The predicted octanol–water partition coefficient (Wildman–Crippen LogP) is 6.01. The van der Waals surface area contributed by atoms with Gasteiger partial charge in [0.05, 0.1) is 0 Å². The number of rotatable bonds is 5. The van der Waals surface area contributed by atoms with Gasteiger partial charge >= 0.3 is 0 Å². The zero-order chi connectivity index (χ0) is 15.5. The van der Waals surface area contributed by atoms with E-state index in [9.17, 15) is 0 Å². The quantitative estimate of drug-likeness (QED) is 0.629. The van der Waals surface area contributed by atoms with Crippen LogP contribution in [0.3, 0.4) is 0 Å². The van der Waals surface area contributed by atoms with Crippen LogP contribution in [-0.4, -0.2) is 0 Å². The van der Waals surface area contributed by atoms with Gasteiger partial charge in [-0.3, -0.25) is 0 Å². The van der Waals surface area contributed by atoms with E-state index in [2.05, 4.69) is 76.2 Å². The van der Waals surface area contributed by atoms with Crippen LogP contribution < -0.4 is 0 Å². The molecule has 0 nitrogen and oxygen atoms in total. The molecule has 21 heavy (non-hydrogen) atoms. The molecule has 0 aromatic heterocycles. The summed E-state index contributed by atoms with van der Waals surface area (Å²) < 4.78 is 0. The Hall–Kier alpha value is -1.56. The monoisotopic (exact) mass is 282 g/mol. The van der Waals surface area contributed by atoms with E-state index in [1.807, 2.05) is 0 Å². The van der Waals surface area contributed by atoms with E-state index >= 15 is 0 Å². The van der Waals surface area contributed by atoms with Crippen LogP contribution in [0, 0.1) is 0 Å². The second-order valence-corrected chi connectivity index (χ2v) is 5.35. The molecule has 0 saturated heterocycles. The highest BCUT2D eigenvalue weighted by atomic mass is 14.0. The number of benzene rings is 2. The molecule has 0 unspecified atom stereocenters. The smallest absolute Gasteiger partial charge is 0.0279 e. The standard InChI is InChI=1S/C11H16.C10H14/c1-3-7-11-9-6-5-8-10(11)4-2;1-3-9-7-5-6-8-10(9)4-2/h5-6,8-9H,3-4,7H2,1-2H3;5-8H,3-4H2,1-2H3. The minimum absolute atomic E-state index is 1.16. The van der Waals surface area contributed by atoms with Crippen molar-refractivity contribution in [3.8, 4) is 0 Å². The summed E-state index contributed by atoms with van der Waals surface area (Å²) in [5.41, 5.74) is 6.02. The first kappa shape index (κ1) is 17.5. The minimum atomic E-state index is 1.16. The van der Waals surface area contributed by atoms with E-state index in [0.29, 0.717) is 0 Å². The predicted molar refractivity (Wildman–Crippen MR) is 95.0 cm³/mol. The Morgan fingerprint density at radius 1 is 0.524 bits per heavy atom. The van der Waals surface area contributed by atoms with Crippen molar-refractivity contribution in [2.45, 2.75) is 59.8 Å². The summed E-state index contributed by atoms with van der Waals surface area (Å²) in [6.45, 7) is 8.85. The van der Waals surface area contributed by atoms with Crippen LogP contribution >= 0.6 is 0 Å². The van der Waals surface area contributed by atoms with Gasteiger partial charge in [0, 0.05) is 0 Å². The molecule has 0 aliphatic carbocycles. The highest BCUT2D eigenvalue weighted by Gasteiger charge is 1.96. The average Bonchev–Trinajstić information content (AvgIpc) is 2.56. The summed E-state index contributed by atoms with van der Waals surface area (Å²) in [5.74, 6) is 0. The fourth-order valence-corrected chi connectivity index (χ4v) is 2.66. The lowest BCUT2D eigenvalue weighted by atomic mass is 10.0. The first-order valence-electron chi connectivity index (χ1n) is 8.40. The molecule has 0 heteroatoms. The molecule has 0 bridgehead atoms. The Kier molecular flexibility index (Phi) is 8.50. The van der Waals surface area contributed by atoms with Crippen LogP contribution in [0.1, 0.15) is 56.4 Å². The molecule has 2 rings (SSSR count). The summed E-state index contributed by atoms with van der Waals surface area (Å²) >= 11 is 0. The zero-order valence-electron chi connectivity index (χ0n) is 14.2. The molecule has 0 amide bonds. The second kappa shape index (κ2) is 10.2. The van der Waals surface area contributed by atoms with E-state index in [0.717, 1.165) is 19.3 Å². The van der Waals surface area contributed by atoms with E-state index < -0.39 is 0 Å². The number of hydrogen-bond acceptors (Lipinski definition) is 0. The lowest BCUT2D eigenvalue weighted by Crippen LogP contribution is -1.90. The lowest BCUT2D eigenvalue weighted by Gasteiger charge is -2.04. The minimum Gasteiger partial charge on any atom is -0.0651 e. The Bertz CT molecular complexity index is 488. The van der Waals surface area contributed by atoms with Crippen LogP contribution in [0.4, 0.5) is 0 Å². The van der Waals surface area contributed by atoms with Gasteiger partial charge in [0.15, 0.2) is 0 Å². The van der Waals surface area contributed by atoms with E-state index in [1.165, 1.54) is 35.1 Å². The van der Waals surface area contributed by atoms with Gasteiger partial charge in [-0.15, -0.1) is 0 Å². The van der Waals surface area contributed by atoms with Crippen molar-refractivity contribution in [3.05, 3.63) is 70.8 Å². The Morgan fingerprint density at radius 2 is 0.857 bits per heavy atom. The molecule has 0 atom stereocenters. The van der Waals surface area contributed by atoms with Gasteiger partial charge in [-0.2, -0.15) is 0 Å². The van der Waals surface area contributed by atoms with Crippen LogP contribution in [0.25, 0.3) is 0 Å². The zero-order valence-corrected chi connectivity index (χ0v) is 14.2. The van der Waals surface area contributed by atoms with Gasteiger partial charge in [-0.25, -0.2) is 0 Å². The molecule has 0 fully saturated rings. The van der Waals surface area contributed by atoms with Crippen molar-refractivity contribution in [2.24, 2.45) is 0 Å². The molecule has 0 spiro atoms. The first-order chi connectivity index (χ1) is 10.3. The van der Waals surface area contributed by atoms with Crippen molar-refractivity contribution < 1.29 is 0 Å². The van der Waals surface area contributed by atoms with E-state index in [4.69, 9.17) is 0 Å². The molecule has 0 saturated carbocycles. The fraction of sp³-hybridized carbons (Fsp3) is 0.429. The molecular weight excluding hydrogens is 252 g/mol. The normalized spacial score (nSPS) is 9.90. The number of aryl methyl sites for hydroxylation is 4. The largest absolute Gasteiger partial charge is 0.0651 e. The summed E-state index contributed by atoms with van der Waals surface area (Å²) in [5, 5.41) is 0. The fourth-order valence-electron chi connectivity index (χ4n) is 2.66. The molecule has 2 aromatic rings. The summed E-state index contributed by atoms with van der Waals surface area (Å²) in [4.78, 5) is 0. The number of hydrogen-bond donors (Lipinski definition) is 0. The third-order valence-corrected chi connectivity index (χ3v) is 3.90. The van der Waals surface area contributed by atoms with Crippen molar-refractivity contribution in [3.63, 3.8) is 0 Å². The third kappa shape index (κ3) is 5.75. The summed E-state index contributed by atoms with van der Waals surface area (Å²) in [6.07, 6.45) is 5.95. The lowest BCUT2D eigenvalue weighted by molar-refractivity contribution is 0.899. The van der Waals surface area contributed by atoms with Gasteiger partial charge in [0.1, 0.15) is 0 Å². The van der Waals surface area contributed by atoms with Gasteiger partial charge in [0.2, 0.25) is 0 Å². The Labute approximate surface area is 131 Å².